The van der Waals surface area contributed by atoms with Crippen molar-refractivity contribution in [3.8, 4) is 17.0 Å². The molecule has 0 bridgehead atoms. The average Bonchev–Trinajstić information content (AvgIpc) is 3.36. The second-order valence-corrected chi connectivity index (χ2v) is 11.2. The Morgan fingerprint density at radius 3 is 2.49 bits per heavy atom. The number of benzene rings is 3. The maximum absolute atomic E-state index is 13.0. The number of anilines is 1. The topological polar surface area (TPSA) is 88.6 Å². The van der Waals surface area contributed by atoms with E-state index in [1.54, 1.807) is 24.3 Å². The number of thiazole rings is 1. The van der Waals surface area contributed by atoms with E-state index in [-0.39, 0.29) is 16.7 Å². The van der Waals surface area contributed by atoms with Crippen LogP contribution < -0.4 is 10.1 Å². The fraction of sp³-hybridized carbons (Fsp3) is 0.231. The molecule has 0 aliphatic carbocycles. The van der Waals surface area contributed by atoms with Gasteiger partial charge in [0, 0.05) is 30.0 Å². The molecule has 9 heteroatoms. The van der Waals surface area contributed by atoms with Gasteiger partial charge in [-0.15, -0.1) is 11.3 Å². The van der Waals surface area contributed by atoms with E-state index in [4.69, 9.17) is 4.74 Å². The van der Waals surface area contributed by atoms with Crippen LogP contribution in [0.25, 0.3) is 22.0 Å². The van der Waals surface area contributed by atoms with Crippen LogP contribution in [-0.2, 0) is 14.8 Å². The zero-order valence-corrected chi connectivity index (χ0v) is 20.8. The van der Waals surface area contributed by atoms with Crippen LogP contribution in [0.5, 0.6) is 5.75 Å². The number of sulfonamides is 1. The van der Waals surface area contributed by atoms with Crippen LogP contribution in [0.4, 0.5) is 5.13 Å². The van der Waals surface area contributed by atoms with E-state index < -0.39 is 10.0 Å². The Balaban J connectivity index is 1.22. The summed E-state index contributed by atoms with van der Waals surface area (Å²) >= 11 is 1.39. The lowest BCUT2D eigenvalue weighted by Crippen LogP contribution is -2.41. The summed E-state index contributed by atoms with van der Waals surface area (Å²) in [6.45, 7) is 0.594. The predicted octanol–water partition coefficient (Wildman–Crippen LogP) is 5.01. The molecule has 3 aromatic carbocycles. The van der Waals surface area contributed by atoms with Crippen molar-refractivity contribution in [2.75, 3.05) is 25.5 Å². The number of piperidine rings is 1. The van der Waals surface area contributed by atoms with Crippen molar-refractivity contribution in [2.45, 2.75) is 17.7 Å². The van der Waals surface area contributed by atoms with Crippen molar-refractivity contribution in [2.24, 2.45) is 5.92 Å². The highest BCUT2D eigenvalue weighted by atomic mass is 32.2. The SMILES string of the molecule is COc1ccc(S(=O)(=O)N2CCC(C(=O)Nc3nc(-c4cccc5ccccc45)cs3)CC2)cc1. The summed E-state index contributed by atoms with van der Waals surface area (Å²) < 4.78 is 32.5. The van der Waals surface area contributed by atoms with Crippen molar-refractivity contribution < 1.29 is 17.9 Å². The largest absolute Gasteiger partial charge is 0.497 e. The van der Waals surface area contributed by atoms with Gasteiger partial charge in [-0.2, -0.15) is 4.31 Å². The molecule has 1 aliphatic rings. The number of amides is 1. The normalized spacial score (nSPS) is 15.2. The van der Waals surface area contributed by atoms with Crippen LogP contribution in [-0.4, -0.2) is 43.8 Å². The molecular formula is C26H25N3O4S2. The van der Waals surface area contributed by atoms with Gasteiger partial charge in [0.15, 0.2) is 5.13 Å². The molecule has 4 aromatic rings. The van der Waals surface area contributed by atoms with Crippen LogP contribution in [0.15, 0.2) is 77.0 Å². The zero-order chi connectivity index (χ0) is 24.4. The Kier molecular flexibility index (Phi) is 6.55. The van der Waals surface area contributed by atoms with Gasteiger partial charge in [-0.1, -0.05) is 42.5 Å². The maximum atomic E-state index is 13.0. The monoisotopic (exact) mass is 507 g/mol. The molecule has 1 saturated heterocycles. The van der Waals surface area contributed by atoms with Gasteiger partial charge in [0.2, 0.25) is 15.9 Å². The second kappa shape index (κ2) is 9.77. The molecule has 35 heavy (non-hydrogen) atoms. The molecule has 1 N–H and O–H groups in total. The highest BCUT2D eigenvalue weighted by molar-refractivity contribution is 7.89. The van der Waals surface area contributed by atoms with Crippen molar-refractivity contribution in [3.63, 3.8) is 0 Å². The predicted molar refractivity (Wildman–Crippen MR) is 138 cm³/mol. The lowest BCUT2D eigenvalue weighted by atomic mass is 9.97. The summed E-state index contributed by atoms with van der Waals surface area (Å²) in [7, 11) is -2.07. The van der Waals surface area contributed by atoms with Crippen molar-refractivity contribution in [1.82, 2.24) is 9.29 Å². The number of methoxy groups -OCH3 is 1. The Morgan fingerprint density at radius 2 is 1.74 bits per heavy atom. The lowest BCUT2D eigenvalue weighted by Gasteiger charge is -2.30. The number of nitrogens with one attached hydrogen (secondary N) is 1. The molecule has 7 nitrogen and oxygen atoms in total. The molecule has 1 aliphatic heterocycles. The molecular weight excluding hydrogens is 482 g/mol. The quantitative estimate of drug-likeness (QED) is 0.396. The minimum Gasteiger partial charge on any atom is -0.497 e. The van der Waals surface area contributed by atoms with Crippen molar-refractivity contribution >= 4 is 43.2 Å². The van der Waals surface area contributed by atoms with E-state index in [0.29, 0.717) is 36.8 Å². The Labute approximate surface area is 208 Å². The highest BCUT2D eigenvalue weighted by Crippen LogP contribution is 2.32. The number of aromatic nitrogens is 1. The second-order valence-electron chi connectivity index (χ2n) is 8.41. The minimum atomic E-state index is -3.60. The number of rotatable bonds is 6. The van der Waals surface area contributed by atoms with E-state index in [1.807, 2.05) is 29.6 Å². The molecule has 2 heterocycles. The molecule has 0 radical (unpaired) electrons. The number of nitrogens with zero attached hydrogens (tertiary/aromatic N) is 2. The molecule has 1 fully saturated rings. The first-order valence-electron chi connectivity index (χ1n) is 11.3. The third kappa shape index (κ3) is 4.80. The van der Waals surface area contributed by atoms with Crippen LogP contribution >= 0.6 is 11.3 Å². The van der Waals surface area contributed by atoms with Gasteiger partial charge in [0.1, 0.15) is 5.75 Å². The number of hydrogen-bond acceptors (Lipinski definition) is 6. The first-order valence-corrected chi connectivity index (χ1v) is 13.7. The van der Waals surface area contributed by atoms with E-state index >= 15 is 0 Å². The molecule has 180 valence electrons. The van der Waals surface area contributed by atoms with Crippen molar-refractivity contribution in [3.05, 3.63) is 72.1 Å². The third-order valence-corrected chi connectivity index (χ3v) is 8.99. The van der Waals surface area contributed by atoms with Crippen LogP contribution in [0.1, 0.15) is 12.8 Å². The first kappa shape index (κ1) is 23.5. The summed E-state index contributed by atoms with van der Waals surface area (Å²) in [6, 6.07) is 20.6. The summed E-state index contributed by atoms with van der Waals surface area (Å²) in [5, 5.41) is 7.68. The molecule has 1 aromatic heterocycles. The number of carbonyl (C=O) groups is 1. The highest BCUT2D eigenvalue weighted by Gasteiger charge is 2.32. The Bertz CT molecular complexity index is 1450. The lowest BCUT2D eigenvalue weighted by molar-refractivity contribution is -0.120. The van der Waals surface area contributed by atoms with Crippen LogP contribution in [0.2, 0.25) is 0 Å². The molecule has 1 amide bonds. The fourth-order valence-electron chi connectivity index (χ4n) is 4.37. The standard InChI is InChI=1S/C26H25N3O4S2/c1-33-20-9-11-21(12-10-20)35(31,32)29-15-13-19(14-16-29)25(30)28-26-27-24(17-34-26)23-8-4-6-18-5-2-3-7-22(18)23/h2-12,17,19H,13-16H2,1H3,(H,27,28,30). The van der Waals surface area contributed by atoms with Gasteiger partial charge in [0.05, 0.1) is 17.7 Å². The van der Waals surface area contributed by atoms with Gasteiger partial charge in [0.25, 0.3) is 0 Å². The van der Waals surface area contributed by atoms with Gasteiger partial charge in [-0.25, -0.2) is 13.4 Å². The molecule has 0 atom stereocenters. The fourth-order valence-corrected chi connectivity index (χ4v) is 6.55. The molecule has 5 rings (SSSR count). The number of fused-ring (bicyclic) bond motifs is 1. The van der Waals surface area contributed by atoms with Gasteiger partial charge >= 0.3 is 0 Å². The summed E-state index contributed by atoms with van der Waals surface area (Å²) in [6.07, 6.45) is 0.922. The molecule has 0 saturated carbocycles. The minimum absolute atomic E-state index is 0.120. The molecule has 0 unspecified atom stereocenters. The summed E-state index contributed by atoms with van der Waals surface area (Å²) in [4.78, 5) is 17.8. The average molecular weight is 508 g/mol. The smallest absolute Gasteiger partial charge is 0.243 e. The van der Waals surface area contributed by atoms with E-state index in [1.165, 1.54) is 22.8 Å². The molecule has 0 spiro atoms. The summed E-state index contributed by atoms with van der Waals surface area (Å²) in [5.41, 5.74) is 1.85. The zero-order valence-electron chi connectivity index (χ0n) is 19.2. The van der Waals surface area contributed by atoms with Gasteiger partial charge in [-0.05, 0) is 47.9 Å². The number of hydrogen-bond donors (Lipinski definition) is 1. The first-order chi connectivity index (χ1) is 17.0. The summed E-state index contributed by atoms with van der Waals surface area (Å²) in [5.74, 6) is 0.220. The van der Waals surface area contributed by atoms with Gasteiger partial charge in [-0.3, -0.25) is 4.79 Å². The number of carbonyl (C=O) groups excluding carboxylic acids is 1. The van der Waals surface area contributed by atoms with Crippen LogP contribution in [0.3, 0.4) is 0 Å². The van der Waals surface area contributed by atoms with Gasteiger partial charge < -0.3 is 10.1 Å². The van der Waals surface area contributed by atoms with E-state index in [0.717, 1.165) is 22.0 Å². The Morgan fingerprint density at radius 1 is 1.03 bits per heavy atom. The Hall–Kier alpha value is -3.27. The van der Waals surface area contributed by atoms with Crippen molar-refractivity contribution in [1.29, 1.82) is 0 Å². The number of ether oxygens (including phenoxy) is 1. The maximum Gasteiger partial charge on any atom is 0.243 e. The van der Waals surface area contributed by atoms with E-state index in [9.17, 15) is 13.2 Å². The van der Waals surface area contributed by atoms with E-state index in [2.05, 4.69) is 28.5 Å². The third-order valence-electron chi connectivity index (χ3n) is 6.32. The van der Waals surface area contributed by atoms with Crippen LogP contribution in [0, 0.1) is 5.92 Å².